The van der Waals surface area contributed by atoms with Gasteiger partial charge in [-0.1, -0.05) is 71.7 Å². The maximum absolute atomic E-state index is 13.3. The van der Waals surface area contributed by atoms with Crippen LogP contribution in [0.4, 0.5) is 5.95 Å². The number of hydrogen-bond acceptors (Lipinski definition) is 6. The Morgan fingerprint density at radius 1 is 1.06 bits per heavy atom. The number of hydrogen-bond donors (Lipinski definition) is 1. The van der Waals surface area contributed by atoms with E-state index in [2.05, 4.69) is 15.4 Å². The maximum Gasteiger partial charge on any atom is 0.338 e. The van der Waals surface area contributed by atoms with Crippen LogP contribution in [0.1, 0.15) is 29.7 Å². The summed E-state index contributed by atoms with van der Waals surface area (Å²) < 4.78 is 13.1. The van der Waals surface area contributed by atoms with E-state index in [9.17, 15) is 4.79 Å². The molecule has 0 unspecified atom stereocenters. The smallest absolute Gasteiger partial charge is 0.338 e. The molecule has 0 radical (unpaired) electrons. The van der Waals surface area contributed by atoms with E-state index in [4.69, 9.17) is 32.7 Å². The number of benzene rings is 3. The molecule has 4 aromatic rings. The number of carbonyl (C=O) groups is 1. The molecule has 36 heavy (non-hydrogen) atoms. The Balaban J connectivity index is 1.50. The highest BCUT2D eigenvalue weighted by Crippen LogP contribution is 2.39. The van der Waals surface area contributed by atoms with Gasteiger partial charge in [-0.15, -0.1) is 0 Å². The van der Waals surface area contributed by atoms with Crippen LogP contribution in [0, 0.1) is 0 Å². The fraction of sp³-hybridized carbons (Fsp3) is 0.148. The minimum atomic E-state index is -0.544. The Labute approximate surface area is 218 Å². The number of nitrogens with zero attached hydrogens (tertiary/aromatic N) is 3. The van der Waals surface area contributed by atoms with Gasteiger partial charge < -0.3 is 14.8 Å². The molecule has 1 N–H and O–H groups in total. The molecule has 7 nitrogen and oxygen atoms in total. The van der Waals surface area contributed by atoms with Crippen LogP contribution in [0.5, 0.6) is 5.75 Å². The number of ether oxygens (including phenoxy) is 2. The van der Waals surface area contributed by atoms with E-state index in [1.165, 1.54) is 6.33 Å². The van der Waals surface area contributed by atoms with Crippen molar-refractivity contribution in [3.63, 3.8) is 0 Å². The number of rotatable bonds is 7. The third-order valence-corrected chi connectivity index (χ3v) is 6.35. The number of aromatic nitrogens is 3. The summed E-state index contributed by atoms with van der Waals surface area (Å²) in [7, 11) is 0. The van der Waals surface area contributed by atoms with Gasteiger partial charge in [-0.3, -0.25) is 0 Å². The van der Waals surface area contributed by atoms with Gasteiger partial charge in [-0.25, -0.2) is 9.48 Å². The Kier molecular flexibility index (Phi) is 6.93. The topological polar surface area (TPSA) is 78.3 Å². The van der Waals surface area contributed by atoms with Crippen molar-refractivity contribution in [2.75, 3.05) is 11.9 Å². The van der Waals surface area contributed by atoms with Crippen molar-refractivity contribution in [3.05, 3.63) is 111 Å². The molecule has 1 aliphatic rings. The summed E-state index contributed by atoms with van der Waals surface area (Å²) in [6.45, 7) is 2.33. The van der Waals surface area contributed by atoms with Gasteiger partial charge in [-0.2, -0.15) is 10.1 Å². The molecule has 182 valence electrons. The molecule has 9 heteroatoms. The molecule has 0 aliphatic carbocycles. The molecule has 1 atom stereocenters. The molecule has 1 aromatic heterocycles. The lowest BCUT2D eigenvalue weighted by atomic mass is 9.93. The van der Waals surface area contributed by atoms with Gasteiger partial charge in [0.15, 0.2) is 0 Å². The van der Waals surface area contributed by atoms with Gasteiger partial charge in [0.25, 0.3) is 0 Å². The van der Waals surface area contributed by atoms with Crippen LogP contribution < -0.4 is 10.1 Å². The highest BCUT2D eigenvalue weighted by molar-refractivity contribution is 6.35. The molecule has 0 fully saturated rings. The van der Waals surface area contributed by atoms with Crippen LogP contribution >= 0.6 is 23.2 Å². The lowest BCUT2D eigenvalue weighted by molar-refractivity contribution is -0.138. The second kappa shape index (κ2) is 10.4. The fourth-order valence-electron chi connectivity index (χ4n) is 4.08. The molecular weight excluding hydrogens is 499 g/mol. The predicted molar refractivity (Wildman–Crippen MR) is 139 cm³/mol. The summed E-state index contributed by atoms with van der Waals surface area (Å²) >= 11 is 12.2. The van der Waals surface area contributed by atoms with E-state index in [1.54, 1.807) is 23.7 Å². The van der Waals surface area contributed by atoms with Crippen LogP contribution in [0.2, 0.25) is 10.0 Å². The average molecular weight is 521 g/mol. The van der Waals surface area contributed by atoms with Gasteiger partial charge in [0.1, 0.15) is 24.7 Å². The summed E-state index contributed by atoms with van der Waals surface area (Å²) in [5.74, 6) is 0.764. The van der Waals surface area contributed by atoms with E-state index in [1.807, 2.05) is 60.7 Å². The Morgan fingerprint density at radius 3 is 2.56 bits per heavy atom. The highest BCUT2D eigenvalue weighted by atomic mass is 35.5. The Bertz CT molecular complexity index is 1420. The summed E-state index contributed by atoms with van der Waals surface area (Å²) in [6, 6.07) is 21.9. The highest BCUT2D eigenvalue weighted by Gasteiger charge is 2.36. The van der Waals surface area contributed by atoms with Crippen LogP contribution in [0.3, 0.4) is 0 Å². The lowest BCUT2D eigenvalue weighted by Crippen LogP contribution is -2.30. The van der Waals surface area contributed by atoms with Crippen molar-refractivity contribution in [2.45, 2.75) is 19.6 Å². The number of anilines is 1. The molecule has 1 aliphatic heterocycles. The van der Waals surface area contributed by atoms with E-state index in [0.29, 0.717) is 39.6 Å². The minimum absolute atomic E-state index is 0.251. The van der Waals surface area contributed by atoms with Crippen molar-refractivity contribution < 1.29 is 14.3 Å². The molecule has 0 amide bonds. The van der Waals surface area contributed by atoms with E-state index in [-0.39, 0.29) is 6.61 Å². The zero-order valence-corrected chi connectivity index (χ0v) is 20.8. The lowest BCUT2D eigenvalue weighted by Gasteiger charge is -2.29. The second-order valence-electron chi connectivity index (χ2n) is 8.02. The first-order valence-corrected chi connectivity index (χ1v) is 12.1. The number of carbonyl (C=O) groups excluding carboxylic acids is 1. The number of fused-ring (bicyclic) bond motifs is 1. The maximum atomic E-state index is 13.3. The number of nitrogens with one attached hydrogen (secondary N) is 1. The van der Waals surface area contributed by atoms with Crippen molar-refractivity contribution in [3.8, 4) is 5.75 Å². The van der Waals surface area contributed by atoms with E-state index in [0.717, 1.165) is 16.7 Å². The van der Waals surface area contributed by atoms with Crippen molar-refractivity contribution >= 4 is 40.8 Å². The quantitative estimate of drug-likeness (QED) is 0.294. The largest absolute Gasteiger partial charge is 0.489 e. The summed E-state index contributed by atoms with van der Waals surface area (Å²) in [6.07, 6.45) is 1.46. The molecule has 5 rings (SSSR count). The number of halogens is 2. The zero-order valence-electron chi connectivity index (χ0n) is 19.3. The first-order valence-electron chi connectivity index (χ1n) is 11.3. The van der Waals surface area contributed by atoms with Crippen molar-refractivity contribution in [2.24, 2.45) is 0 Å². The molecule has 3 aromatic carbocycles. The third-order valence-electron chi connectivity index (χ3n) is 5.76. The van der Waals surface area contributed by atoms with Crippen molar-refractivity contribution in [1.29, 1.82) is 0 Å². The molecule has 0 spiro atoms. The van der Waals surface area contributed by atoms with Crippen LogP contribution in [-0.2, 0) is 16.1 Å². The summed E-state index contributed by atoms with van der Waals surface area (Å²) in [5.41, 5.74) is 3.59. The third kappa shape index (κ3) is 4.80. The molecule has 0 saturated carbocycles. The van der Waals surface area contributed by atoms with Gasteiger partial charge in [-0.05, 0) is 42.3 Å². The van der Waals surface area contributed by atoms with Crippen LogP contribution in [0.25, 0.3) is 5.70 Å². The Morgan fingerprint density at radius 2 is 1.83 bits per heavy atom. The van der Waals surface area contributed by atoms with Gasteiger partial charge >= 0.3 is 5.97 Å². The van der Waals surface area contributed by atoms with E-state index >= 15 is 0 Å². The normalized spacial score (nSPS) is 14.7. The summed E-state index contributed by atoms with van der Waals surface area (Å²) in [4.78, 5) is 17.6. The zero-order chi connectivity index (χ0) is 25.1. The van der Waals surface area contributed by atoms with Gasteiger partial charge in [0.05, 0.1) is 17.9 Å². The minimum Gasteiger partial charge on any atom is -0.489 e. The van der Waals surface area contributed by atoms with E-state index < -0.39 is 12.0 Å². The monoisotopic (exact) mass is 520 g/mol. The van der Waals surface area contributed by atoms with Gasteiger partial charge in [0, 0.05) is 15.6 Å². The number of esters is 1. The van der Waals surface area contributed by atoms with Gasteiger partial charge in [0.2, 0.25) is 5.95 Å². The molecule has 2 heterocycles. The Hall–Kier alpha value is -3.81. The SMILES string of the molecule is CCOC(=O)C1=C(c2ccccc2)Nc2ncnn2[C@@H]1c1ccc(OCc2ccc(Cl)cc2Cl)cc1. The standard InChI is InChI=1S/C27H22Cl2N4O3/c1-2-35-26(34)23-24(17-6-4-3-5-7-17)32-27-30-16-31-33(27)25(23)18-9-12-21(13-10-18)36-15-19-8-11-20(28)14-22(19)29/h3-14,16,25H,2,15H2,1H3,(H,30,31,32)/t25-/m1/s1. The van der Waals surface area contributed by atoms with Crippen LogP contribution in [0.15, 0.2) is 84.7 Å². The molecule has 0 bridgehead atoms. The fourth-order valence-corrected chi connectivity index (χ4v) is 4.54. The first-order chi connectivity index (χ1) is 17.5. The average Bonchev–Trinajstić information content (AvgIpc) is 3.37. The van der Waals surface area contributed by atoms with Crippen LogP contribution in [-0.4, -0.2) is 27.3 Å². The first kappa shape index (κ1) is 23.9. The molecule has 0 saturated heterocycles. The predicted octanol–water partition coefficient (Wildman–Crippen LogP) is 6.15. The summed E-state index contributed by atoms with van der Waals surface area (Å²) in [5, 5.41) is 8.78. The van der Waals surface area contributed by atoms with Crippen molar-refractivity contribution in [1.82, 2.24) is 14.8 Å². The second-order valence-corrected chi connectivity index (χ2v) is 8.87. The molecular formula is C27H22Cl2N4O3.